The summed E-state index contributed by atoms with van der Waals surface area (Å²) >= 11 is 0. The maximum absolute atomic E-state index is 12.0. The number of rotatable bonds is 3. The molecule has 2 aromatic carbocycles. The quantitative estimate of drug-likeness (QED) is 0.883. The van der Waals surface area contributed by atoms with Crippen LogP contribution in [0, 0.1) is 6.92 Å². The number of hydrogen-bond donors (Lipinski definition) is 1. The van der Waals surface area contributed by atoms with Crippen LogP contribution >= 0.6 is 0 Å². The molecule has 1 heterocycles. The van der Waals surface area contributed by atoms with Crippen molar-refractivity contribution in [3.8, 4) is 11.5 Å². The van der Waals surface area contributed by atoms with E-state index >= 15 is 0 Å². The first-order valence-corrected chi connectivity index (χ1v) is 7.16. The lowest BCUT2D eigenvalue weighted by atomic mass is 10.1. The molecule has 0 saturated carbocycles. The van der Waals surface area contributed by atoms with E-state index in [1.165, 1.54) is 11.6 Å². The number of anilines is 1. The van der Waals surface area contributed by atoms with Crippen LogP contribution < -0.4 is 14.8 Å². The predicted octanol–water partition coefficient (Wildman–Crippen LogP) is 3.42. The molecular formula is C18H17NO3. The second-order valence-corrected chi connectivity index (χ2v) is 5.09. The molecule has 1 aliphatic rings. The van der Waals surface area contributed by atoms with Crippen molar-refractivity contribution in [1.29, 1.82) is 0 Å². The van der Waals surface area contributed by atoms with Gasteiger partial charge in [0.2, 0.25) is 5.91 Å². The Hall–Kier alpha value is -2.75. The molecule has 0 aromatic heterocycles. The normalized spacial score (nSPS) is 13.1. The highest BCUT2D eigenvalue weighted by molar-refractivity contribution is 6.02. The lowest BCUT2D eigenvalue weighted by Crippen LogP contribution is -2.16. The van der Waals surface area contributed by atoms with E-state index in [0.717, 1.165) is 5.56 Å². The summed E-state index contributed by atoms with van der Waals surface area (Å²) in [5, 5.41) is 2.81. The third kappa shape index (κ3) is 3.47. The lowest BCUT2D eigenvalue weighted by Gasteiger charge is -2.18. The largest absolute Gasteiger partial charge is 0.486 e. The Kier molecular flexibility index (Phi) is 4.10. The molecule has 4 heteroatoms. The van der Waals surface area contributed by atoms with Crippen LogP contribution in [0.25, 0.3) is 6.08 Å². The van der Waals surface area contributed by atoms with Crippen molar-refractivity contribution in [3.05, 3.63) is 59.7 Å². The molecule has 0 saturated heterocycles. The van der Waals surface area contributed by atoms with E-state index in [0.29, 0.717) is 30.4 Å². The molecule has 3 rings (SSSR count). The number of amides is 1. The summed E-state index contributed by atoms with van der Waals surface area (Å²) in [5.41, 5.74) is 2.86. The zero-order valence-corrected chi connectivity index (χ0v) is 12.3. The van der Waals surface area contributed by atoms with E-state index in [1.807, 2.05) is 31.2 Å². The first-order chi connectivity index (χ1) is 10.7. The maximum Gasteiger partial charge on any atom is 0.248 e. The third-order valence-corrected chi connectivity index (χ3v) is 3.31. The summed E-state index contributed by atoms with van der Waals surface area (Å²) < 4.78 is 10.9. The van der Waals surface area contributed by atoms with Gasteiger partial charge in [0.25, 0.3) is 0 Å². The molecule has 0 unspecified atom stereocenters. The van der Waals surface area contributed by atoms with Crippen molar-refractivity contribution < 1.29 is 14.3 Å². The minimum atomic E-state index is -0.183. The van der Waals surface area contributed by atoms with Crippen molar-refractivity contribution in [2.45, 2.75) is 6.92 Å². The smallest absolute Gasteiger partial charge is 0.248 e. The molecule has 22 heavy (non-hydrogen) atoms. The highest BCUT2D eigenvalue weighted by Gasteiger charge is 2.12. The van der Waals surface area contributed by atoms with Crippen molar-refractivity contribution in [2.24, 2.45) is 0 Å². The van der Waals surface area contributed by atoms with Gasteiger partial charge in [-0.1, -0.05) is 29.8 Å². The fourth-order valence-corrected chi connectivity index (χ4v) is 2.15. The Morgan fingerprint density at radius 2 is 1.77 bits per heavy atom. The zero-order chi connectivity index (χ0) is 15.4. The zero-order valence-electron chi connectivity index (χ0n) is 12.3. The van der Waals surface area contributed by atoms with Crippen LogP contribution in [0.3, 0.4) is 0 Å². The number of fused-ring (bicyclic) bond motifs is 1. The van der Waals surface area contributed by atoms with Gasteiger partial charge < -0.3 is 14.8 Å². The number of nitrogens with one attached hydrogen (secondary N) is 1. The van der Waals surface area contributed by atoms with Crippen LogP contribution in [0.5, 0.6) is 11.5 Å². The van der Waals surface area contributed by atoms with Gasteiger partial charge in [0, 0.05) is 17.8 Å². The van der Waals surface area contributed by atoms with Crippen LogP contribution in [0.4, 0.5) is 5.69 Å². The molecule has 0 atom stereocenters. The van der Waals surface area contributed by atoms with Gasteiger partial charge in [0.1, 0.15) is 13.2 Å². The fraction of sp³-hybridized carbons (Fsp3) is 0.167. The van der Waals surface area contributed by atoms with Gasteiger partial charge in [0.15, 0.2) is 11.5 Å². The number of aryl methyl sites for hydroxylation is 1. The molecule has 2 aromatic rings. The number of hydrogen-bond acceptors (Lipinski definition) is 3. The number of ether oxygens (including phenoxy) is 2. The van der Waals surface area contributed by atoms with E-state index in [4.69, 9.17) is 9.47 Å². The Balaban J connectivity index is 1.65. The molecular weight excluding hydrogens is 278 g/mol. The summed E-state index contributed by atoms with van der Waals surface area (Å²) in [6.45, 7) is 3.11. The van der Waals surface area contributed by atoms with Crippen molar-refractivity contribution in [2.75, 3.05) is 18.5 Å². The van der Waals surface area contributed by atoms with Crippen molar-refractivity contribution in [3.63, 3.8) is 0 Å². The number of carbonyl (C=O) groups excluding carboxylic acids is 1. The summed E-state index contributed by atoms with van der Waals surface area (Å²) in [6.07, 6.45) is 3.30. The number of benzene rings is 2. The summed E-state index contributed by atoms with van der Waals surface area (Å²) in [4.78, 5) is 12.0. The fourth-order valence-electron chi connectivity index (χ4n) is 2.15. The monoisotopic (exact) mass is 295 g/mol. The minimum Gasteiger partial charge on any atom is -0.486 e. The Morgan fingerprint density at radius 3 is 2.55 bits per heavy atom. The summed E-state index contributed by atoms with van der Waals surface area (Å²) in [7, 11) is 0. The van der Waals surface area contributed by atoms with Crippen LogP contribution in [0.15, 0.2) is 48.5 Å². The second kappa shape index (κ2) is 6.35. The van der Waals surface area contributed by atoms with Crippen molar-refractivity contribution in [1.82, 2.24) is 0 Å². The lowest BCUT2D eigenvalue weighted by molar-refractivity contribution is -0.111. The highest BCUT2D eigenvalue weighted by Crippen LogP contribution is 2.32. The summed E-state index contributed by atoms with van der Waals surface area (Å²) in [6, 6.07) is 13.3. The summed E-state index contributed by atoms with van der Waals surface area (Å²) in [5.74, 6) is 1.18. The Bertz CT molecular complexity index is 705. The van der Waals surface area contributed by atoms with Gasteiger partial charge in [-0.15, -0.1) is 0 Å². The van der Waals surface area contributed by atoms with Crippen LogP contribution in [-0.4, -0.2) is 19.1 Å². The Labute approximate surface area is 129 Å². The average Bonchev–Trinajstić information content (AvgIpc) is 2.54. The molecule has 1 aliphatic heterocycles. The van der Waals surface area contributed by atoms with Gasteiger partial charge >= 0.3 is 0 Å². The van der Waals surface area contributed by atoms with Crippen LogP contribution in [0.2, 0.25) is 0 Å². The van der Waals surface area contributed by atoms with Gasteiger partial charge in [-0.05, 0) is 30.7 Å². The minimum absolute atomic E-state index is 0.183. The van der Waals surface area contributed by atoms with Crippen molar-refractivity contribution >= 4 is 17.7 Å². The van der Waals surface area contributed by atoms with Gasteiger partial charge in [-0.25, -0.2) is 0 Å². The molecule has 0 aliphatic carbocycles. The SMILES string of the molecule is Cc1ccc(/C=C/C(=O)Nc2ccc3c(c2)OCCO3)cc1. The van der Waals surface area contributed by atoms with Gasteiger partial charge in [-0.3, -0.25) is 4.79 Å². The molecule has 1 N–H and O–H groups in total. The highest BCUT2D eigenvalue weighted by atomic mass is 16.6. The van der Waals surface area contributed by atoms with E-state index in [-0.39, 0.29) is 5.91 Å². The third-order valence-electron chi connectivity index (χ3n) is 3.31. The van der Waals surface area contributed by atoms with Gasteiger partial charge in [-0.2, -0.15) is 0 Å². The topological polar surface area (TPSA) is 47.6 Å². The molecule has 0 bridgehead atoms. The van der Waals surface area contributed by atoms with E-state index < -0.39 is 0 Å². The Morgan fingerprint density at radius 1 is 1.05 bits per heavy atom. The first-order valence-electron chi connectivity index (χ1n) is 7.16. The molecule has 0 spiro atoms. The van der Waals surface area contributed by atoms with Crippen LogP contribution in [-0.2, 0) is 4.79 Å². The predicted molar refractivity (Wildman–Crippen MR) is 86.3 cm³/mol. The van der Waals surface area contributed by atoms with Gasteiger partial charge in [0.05, 0.1) is 0 Å². The standard InChI is InChI=1S/C18H17NO3/c1-13-2-4-14(5-3-13)6-9-18(20)19-15-7-8-16-17(12-15)22-11-10-21-16/h2-9,12H,10-11H2,1H3,(H,19,20)/b9-6+. The van der Waals surface area contributed by atoms with E-state index in [9.17, 15) is 4.79 Å². The molecule has 0 fully saturated rings. The van der Waals surface area contributed by atoms with E-state index in [1.54, 1.807) is 24.3 Å². The molecule has 1 amide bonds. The number of carbonyl (C=O) groups is 1. The van der Waals surface area contributed by atoms with Crippen LogP contribution in [0.1, 0.15) is 11.1 Å². The average molecular weight is 295 g/mol. The first kappa shape index (κ1) is 14.2. The molecule has 112 valence electrons. The maximum atomic E-state index is 12.0. The molecule has 4 nitrogen and oxygen atoms in total. The van der Waals surface area contributed by atoms with E-state index in [2.05, 4.69) is 5.32 Å². The second-order valence-electron chi connectivity index (χ2n) is 5.09. The molecule has 0 radical (unpaired) electrons.